The minimum absolute atomic E-state index is 0.117. The zero-order valence-electron chi connectivity index (χ0n) is 15.9. The van der Waals surface area contributed by atoms with Crippen molar-refractivity contribution in [3.63, 3.8) is 0 Å². The molecule has 2 radical (unpaired) electrons. The van der Waals surface area contributed by atoms with Crippen molar-refractivity contribution in [1.29, 1.82) is 0 Å². The molecule has 2 nitrogen and oxygen atoms in total. The second-order valence-electron chi connectivity index (χ2n) is 5.92. The molecule has 0 aromatic rings. The van der Waals surface area contributed by atoms with Crippen LogP contribution in [-0.4, -0.2) is 39.5 Å². The van der Waals surface area contributed by atoms with Crippen LogP contribution in [-0.2, 0) is 9.53 Å². The van der Waals surface area contributed by atoms with Gasteiger partial charge >= 0.3 is 75.5 Å². The van der Waals surface area contributed by atoms with Crippen LogP contribution in [0.15, 0.2) is 0 Å². The molecule has 0 aliphatic carbocycles. The first-order valence-electron chi connectivity index (χ1n) is 9.70. The molecule has 0 rings (SSSR count). The quantitative estimate of drug-likeness (QED) is 0.136. The van der Waals surface area contributed by atoms with Gasteiger partial charge in [0.2, 0.25) is 0 Å². The van der Waals surface area contributed by atoms with Crippen LogP contribution in [0.3, 0.4) is 0 Å². The van der Waals surface area contributed by atoms with Gasteiger partial charge in [0.1, 0.15) is 0 Å². The fraction of sp³-hybridized carbons (Fsp3) is 0.947. The minimum atomic E-state index is -0.117. The van der Waals surface area contributed by atoms with Crippen molar-refractivity contribution in [3.8, 4) is 0 Å². The van der Waals surface area contributed by atoms with Crippen molar-refractivity contribution in [2.75, 3.05) is 12.4 Å². The van der Waals surface area contributed by atoms with Gasteiger partial charge in [-0.25, -0.2) is 0 Å². The number of carbonyl (C=O) groups is 1. The molecule has 0 fully saturated rings. The van der Waals surface area contributed by atoms with Crippen molar-refractivity contribution >= 4 is 39.7 Å². The summed E-state index contributed by atoms with van der Waals surface area (Å²) in [6.45, 7) is 7.37. The van der Waals surface area contributed by atoms with E-state index in [4.69, 9.17) is 4.74 Å². The first-order valence-corrected chi connectivity index (χ1v) is 14.4. The maximum atomic E-state index is 10.9. The third-order valence-corrected chi connectivity index (χ3v) is 7.75. The van der Waals surface area contributed by atoms with Gasteiger partial charge in [0.25, 0.3) is 0 Å². The van der Waals surface area contributed by atoms with E-state index in [1.165, 1.54) is 57.8 Å². The van der Waals surface area contributed by atoms with Crippen LogP contribution in [0.4, 0.5) is 0 Å². The number of rotatable bonds is 15. The average molecular weight is 451 g/mol. The van der Waals surface area contributed by atoms with Gasteiger partial charge in [-0.3, -0.25) is 4.79 Å². The molecule has 0 unspecified atom stereocenters. The Balaban J connectivity index is 0. The summed E-state index contributed by atoms with van der Waals surface area (Å²) < 4.78 is 8.25. The Hall–Kier alpha value is 0.619. The molecule has 4 heteroatoms. The third-order valence-electron chi connectivity index (χ3n) is 3.49. The molecule has 0 saturated carbocycles. The summed E-state index contributed by atoms with van der Waals surface area (Å²) in [5, 5.41) is 0. The van der Waals surface area contributed by atoms with E-state index in [0.717, 1.165) is 6.42 Å². The van der Waals surface area contributed by atoms with Crippen molar-refractivity contribution in [1.82, 2.24) is 0 Å². The normalized spacial score (nSPS) is 10.1. The molecule has 0 aromatic carbocycles. The summed E-state index contributed by atoms with van der Waals surface area (Å²) in [7, 11) is 0. The number of carbonyl (C=O) groups excluding carboxylic acids is 1. The Kier molecular flexibility index (Phi) is 28.0. The molecular formula is C19H40O2SSn. The number of unbranched alkanes of at least 4 members (excludes halogenated alkanes) is 7. The molecule has 0 saturated heterocycles. The van der Waals surface area contributed by atoms with Gasteiger partial charge < -0.3 is 4.74 Å². The van der Waals surface area contributed by atoms with Crippen LogP contribution >= 0.6 is 12.6 Å². The van der Waals surface area contributed by atoms with Crippen LogP contribution in [0.5, 0.6) is 0 Å². The molecule has 0 heterocycles. The molecule has 0 aliphatic heterocycles. The SMILES string of the molecule is CCCCCCCCOC(=O)CCS.CCC[CH2][Sn][CH2]CCC. The maximum absolute atomic E-state index is 10.9. The van der Waals surface area contributed by atoms with E-state index in [0.29, 0.717) is 18.8 Å². The van der Waals surface area contributed by atoms with Gasteiger partial charge in [0, 0.05) is 5.75 Å². The van der Waals surface area contributed by atoms with Crippen LogP contribution < -0.4 is 0 Å². The van der Waals surface area contributed by atoms with Crippen molar-refractivity contribution < 1.29 is 9.53 Å². The Morgan fingerprint density at radius 2 is 1.35 bits per heavy atom. The topological polar surface area (TPSA) is 26.3 Å². The molecule has 0 bridgehead atoms. The Bertz CT molecular complexity index is 219. The standard InChI is InChI=1S/C11H22O2S.2C4H9.Sn/c1-2-3-4-5-6-7-9-13-11(12)8-10-14;2*1-3-4-2;/h14H,2-10H2,1H3;2*1,3-4H2,2H3;. The van der Waals surface area contributed by atoms with Crippen molar-refractivity contribution in [2.24, 2.45) is 0 Å². The number of hydrogen-bond acceptors (Lipinski definition) is 3. The summed E-state index contributed by atoms with van der Waals surface area (Å²) in [6.07, 6.45) is 13.6. The molecule has 138 valence electrons. The van der Waals surface area contributed by atoms with Crippen LogP contribution in [0, 0.1) is 0 Å². The monoisotopic (exact) mass is 452 g/mol. The molecule has 0 spiro atoms. The van der Waals surface area contributed by atoms with E-state index in [2.05, 4.69) is 33.4 Å². The molecule has 23 heavy (non-hydrogen) atoms. The van der Waals surface area contributed by atoms with Gasteiger partial charge in [-0.05, 0) is 6.42 Å². The Morgan fingerprint density at radius 1 is 0.826 bits per heavy atom. The predicted molar refractivity (Wildman–Crippen MR) is 108 cm³/mol. The van der Waals surface area contributed by atoms with Crippen molar-refractivity contribution in [2.45, 2.75) is 100 Å². The summed E-state index contributed by atoms with van der Waals surface area (Å²) in [5.74, 6) is 0.462. The Labute approximate surface area is 161 Å². The predicted octanol–water partition coefficient (Wildman–Crippen LogP) is 6.34. The first-order chi connectivity index (χ1) is 11.2. The van der Waals surface area contributed by atoms with E-state index in [1.807, 2.05) is 0 Å². The van der Waals surface area contributed by atoms with Gasteiger partial charge in [-0.2, -0.15) is 12.6 Å². The molecule has 0 aromatic heterocycles. The zero-order valence-corrected chi connectivity index (χ0v) is 19.6. The summed E-state index contributed by atoms with van der Waals surface area (Å²) in [6, 6.07) is 0. The molecule has 0 aliphatic rings. The second-order valence-corrected chi connectivity index (χ2v) is 10.6. The van der Waals surface area contributed by atoms with E-state index in [1.54, 1.807) is 8.87 Å². The third kappa shape index (κ3) is 27.7. The van der Waals surface area contributed by atoms with Gasteiger partial charge in [-0.1, -0.05) is 39.0 Å². The fourth-order valence-corrected chi connectivity index (χ4v) is 6.30. The zero-order chi connectivity index (χ0) is 17.6. The van der Waals surface area contributed by atoms with E-state index in [-0.39, 0.29) is 27.1 Å². The van der Waals surface area contributed by atoms with Crippen LogP contribution in [0.25, 0.3) is 0 Å². The van der Waals surface area contributed by atoms with Crippen LogP contribution in [0.1, 0.15) is 91.4 Å². The van der Waals surface area contributed by atoms with Gasteiger partial charge in [-0.15, -0.1) is 0 Å². The molecule has 0 atom stereocenters. The summed E-state index contributed by atoms with van der Waals surface area (Å²) in [5.41, 5.74) is 0. The summed E-state index contributed by atoms with van der Waals surface area (Å²) in [4.78, 5) is 10.9. The first kappa shape index (κ1) is 25.9. The number of ether oxygens (including phenoxy) is 1. The van der Waals surface area contributed by atoms with Crippen LogP contribution in [0.2, 0.25) is 8.87 Å². The van der Waals surface area contributed by atoms with E-state index >= 15 is 0 Å². The number of thiol groups is 1. The second kappa shape index (κ2) is 24.9. The summed E-state index contributed by atoms with van der Waals surface area (Å²) >= 11 is 4.11. The van der Waals surface area contributed by atoms with Crippen molar-refractivity contribution in [3.05, 3.63) is 0 Å². The number of esters is 1. The number of hydrogen-bond donors (Lipinski definition) is 1. The van der Waals surface area contributed by atoms with Gasteiger partial charge in [0.15, 0.2) is 0 Å². The Morgan fingerprint density at radius 3 is 1.87 bits per heavy atom. The van der Waals surface area contributed by atoms with E-state index in [9.17, 15) is 4.79 Å². The fourth-order valence-electron chi connectivity index (χ4n) is 1.96. The molecular weight excluding hydrogens is 411 g/mol. The van der Waals surface area contributed by atoms with Gasteiger partial charge in [0.05, 0.1) is 13.0 Å². The molecule has 0 N–H and O–H groups in total. The average Bonchev–Trinajstić information content (AvgIpc) is 2.55. The van der Waals surface area contributed by atoms with E-state index < -0.39 is 0 Å². The molecule has 0 amide bonds.